The summed E-state index contributed by atoms with van der Waals surface area (Å²) >= 11 is 0. The third-order valence-electron chi connectivity index (χ3n) is 4.99. The average molecular weight is 458 g/mol. The van der Waals surface area contributed by atoms with E-state index in [0.717, 1.165) is 0 Å². The van der Waals surface area contributed by atoms with Gasteiger partial charge in [0.05, 0.1) is 31.3 Å². The third kappa shape index (κ3) is 4.56. The zero-order valence-electron chi connectivity index (χ0n) is 18.1. The maximum absolute atomic E-state index is 14.9. The predicted octanol–water partition coefficient (Wildman–Crippen LogP) is 5.03. The lowest BCUT2D eigenvalue weighted by Gasteiger charge is -2.05. The first-order chi connectivity index (χ1) is 16.7. The summed E-state index contributed by atoms with van der Waals surface area (Å²) in [6.07, 6.45) is 6.30. The number of methoxy groups -OCH3 is 1. The lowest BCUT2D eigenvalue weighted by atomic mass is 10.1. The van der Waals surface area contributed by atoms with Gasteiger partial charge in [-0.05, 0) is 24.3 Å². The molecule has 0 aliphatic heterocycles. The fourth-order valence-corrected chi connectivity index (χ4v) is 3.30. The monoisotopic (exact) mass is 458 g/mol. The zero-order chi connectivity index (χ0) is 23.3. The van der Waals surface area contributed by atoms with Crippen LogP contribution in [0.15, 0.2) is 87.4 Å². The lowest BCUT2D eigenvalue weighted by molar-refractivity contribution is 0.389. The van der Waals surface area contributed by atoms with Gasteiger partial charge >= 0.3 is 0 Å². The van der Waals surface area contributed by atoms with Gasteiger partial charge in [-0.3, -0.25) is 4.99 Å². The molecule has 3 heterocycles. The molecule has 5 rings (SSSR count). The van der Waals surface area contributed by atoms with Gasteiger partial charge in [-0.25, -0.2) is 9.37 Å². The van der Waals surface area contributed by atoms with Crippen molar-refractivity contribution in [1.82, 2.24) is 19.9 Å². The number of aromatic nitrogens is 4. The summed E-state index contributed by atoms with van der Waals surface area (Å²) in [5.74, 6) is 1.40. The first-order valence-corrected chi connectivity index (χ1v) is 10.3. The molecular formula is C24H19FN6O3. The predicted molar refractivity (Wildman–Crippen MR) is 123 cm³/mol. The molecule has 10 heteroatoms. The Bertz CT molecular complexity index is 1420. The largest absolute Gasteiger partial charge is 0.494 e. The van der Waals surface area contributed by atoms with Crippen LogP contribution in [-0.2, 0) is 6.54 Å². The van der Waals surface area contributed by atoms with Crippen molar-refractivity contribution in [3.8, 4) is 22.7 Å². The van der Waals surface area contributed by atoms with Crippen LogP contribution in [0.3, 0.4) is 0 Å². The van der Waals surface area contributed by atoms with Gasteiger partial charge in [0.1, 0.15) is 35.5 Å². The van der Waals surface area contributed by atoms with Crippen molar-refractivity contribution >= 4 is 17.7 Å². The number of nitrogens with zero attached hydrogens (tertiary/aromatic N) is 5. The van der Waals surface area contributed by atoms with Crippen LogP contribution >= 0.6 is 0 Å². The summed E-state index contributed by atoms with van der Waals surface area (Å²) in [5.41, 5.74) is 2.73. The van der Waals surface area contributed by atoms with E-state index < -0.39 is 5.82 Å². The molecule has 0 saturated heterocycles. The van der Waals surface area contributed by atoms with Crippen molar-refractivity contribution in [1.29, 1.82) is 0 Å². The van der Waals surface area contributed by atoms with E-state index in [1.165, 1.54) is 18.7 Å². The summed E-state index contributed by atoms with van der Waals surface area (Å²) in [5, 5.41) is 10.8. The van der Waals surface area contributed by atoms with Gasteiger partial charge < -0.3 is 23.7 Å². The Kier molecular flexibility index (Phi) is 5.85. The Hall–Kier alpha value is -4.73. The van der Waals surface area contributed by atoms with E-state index in [1.807, 2.05) is 24.3 Å². The van der Waals surface area contributed by atoms with E-state index in [2.05, 4.69) is 25.6 Å². The number of ether oxygens (including phenoxy) is 1. The van der Waals surface area contributed by atoms with E-state index in [-0.39, 0.29) is 0 Å². The fraction of sp³-hybridized carbons (Fsp3) is 0.0833. The summed E-state index contributed by atoms with van der Waals surface area (Å²) in [4.78, 5) is 8.70. The van der Waals surface area contributed by atoms with Crippen molar-refractivity contribution in [2.75, 3.05) is 12.4 Å². The smallest absolute Gasteiger partial charge is 0.169 e. The highest BCUT2D eigenvalue weighted by molar-refractivity contribution is 5.80. The van der Waals surface area contributed by atoms with E-state index in [9.17, 15) is 4.39 Å². The van der Waals surface area contributed by atoms with Crippen LogP contribution < -0.4 is 10.1 Å². The van der Waals surface area contributed by atoms with Gasteiger partial charge in [0, 0.05) is 23.9 Å². The van der Waals surface area contributed by atoms with Crippen molar-refractivity contribution in [2.24, 2.45) is 4.99 Å². The number of nitrogens with one attached hydrogen (secondary N) is 1. The van der Waals surface area contributed by atoms with Crippen molar-refractivity contribution < 1.29 is 18.2 Å². The van der Waals surface area contributed by atoms with Gasteiger partial charge in [-0.1, -0.05) is 28.5 Å². The van der Waals surface area contributed by atoms with Crippen LogP contribution in [0.4, 0.5) is 15.9 Å². The Labute approximate surface area is 193 Å². The van der Waals surface area contributed by atoms with Crippen molar-refractivity contribution in [2.45, 2.75) is 6.54 Å². The number of anilines is 1. The van der Waals surface area contributed by atoms with Gasteiger partial charge in [-0.2, -0.15) is 0 Å². The van der Waals surface area contributed by atoms with Gasteiger partial charge in [0.2, 0.25) is 0 Å². The Morgan fingerprint density at radius 1 is 1.15 bits per heavy atom. The van der Waals surface area contributed by atoms with Crippen LogP contribution in [0.5, 0.6) is 5.75 Å². The SMILES string of the molecule is COc1ccccc1/N=C/c1cn(-c2ccc(-c3cc(CNc4ccon4)on3)cc2F)cn1. The fourth-order valence-electron chi connectivity index (χ4n) is 3.30. The maximum Gasteiger partial charge on any atom is 0.169 e. The van der Waals surface area contributed by atoms with Gasteiger partial charge in [0.15, 0.2) is 11.6 Å². The van der Waals surface area contributed by atoms with Crippen molar-refractivity contribution in [3.05, 3.63) is 90.7 Å². The highest BCUT2D eigenvalue weighted by Gasteiger charge is 2.12. The minimum Gasteiger partial charge on any atom is -0.494 e. The molecule has 2 aromatic carbocycles. The summed E-state index contributed by atoms with van der Waals surface area (Å²) in [7, 11) is 1.59. The first kappa shape index (κ1) is 21.1. The number of benzene rings is 2. The molecule has 0 aliphatic rings. The van der Waals surface area contributed by atoms with E-state index in [4.69, 9.17) is 13.8 Å². The zero-order valence-corrected chi connectivity index (χ0v) is 18.1. The van der Waals surface area contributed by atoms with Gasteiger partial charge in [0.25, 0.3) is 0 Å². The number of hydrogen-bond acceptors (Lipinski definition) is 8. The molecule has 34 heavy (non-hydrogen) atoms. The molecule has 170 valence electrons. The molecule has 0 amide bonds. The molecule has 9 nitrogen and oxygen atoms in total. The second-order valence-corrected chi connectivity index (χ2v) is 7.22. The molecular weight excluding hydrogens is 439 g/mol. The molecule has 0 radical (unpaired) electrons. The molecule has 0 unspecified atom stereocenters. The number of imidazole rings is 1. The highest BCUT2D eigenvalue weighted by Crippen LogP contribution is 2.26. The number of para-hydroxylation sites is 2. The second-order valence-electron chi connectivity index (χ2n) is 7.22. The van der Waals surface area contributed by atoms with Crippen LogP contribution in [0.1, 0.15) is 11.5 Å². The molecule has 0 saturated carbocycles. The summed E-state index contributed by atoms with van der Waals surface area (Å²) < 4.78 is 31.9. The number of halogens is 1. The minimum absolute atomic E-state index is 0.351. The normalized spacial score (nSPS) is 11.2. The molecule has 0 bridgehead atoms. The van der Waals surface area contributed by atoms with Crippen LogP contribution in [0.2, 0.25) is 0 Å². The molecule has 0 spiro atoms. The molecule has 0 atom stereocenters. The molecule has 0 fully saturated rings. The van der Waals surface area contributed by atoms with Crippen LogP contribution in [0, 0.1) is 5.82 Å². The highest BCUT2D eigenvalue weighted by atomic mass is 19.1. The van der Waals surface area contributed by atoms with E-state index >= 15 is 0 Å². The Morgan fingerprint density at radius 2 is 2.06 bits per heavy atom. The Morgan fingerprint density at radius 3 is 2.88 bits per heavy atom. The molecule has 1 N–H and O–H groups in total. The van der Waals surface area contributed by atoms with E-state index in [1.54, 1.807) is 48.4 Å². The number of rotatable bonds is 8. The number of hydrogen-bond donors (Lipinski definition) is 1. The van der Waals surface area contributed by atoms with Crippen LogP contribution in [-0.4, -0.2) is 33.2 Å². The Balaban J connectivity index is 1.30. The number of aliphatic imine (C=N–C) groups is 1. The summed E-state index contributed by atoms with van der Waals surface area (Å²) in [6.45, 7) is 0.369. The standard InChI is InChI=1S/C24H19FN6O3/c1-32-23-5-3-2-4-20(23)26-12-17-14-31(15-28-17)22-7-6-16(10-19(22)25)21-11-18(34-29-21)13-27-24-8-9-33-30-24/h2-12,14-15H,13H2,1H3,(H,27,30)/b26-12+. The average Bonchev–Trinajstić information content (AvgIpc) is 3.64. The first-order valence-electron chi connectivity index (χ1n) is 10.3. The van der Waals surface area contributed by atoms with E-state index in [0.29, 0.717) is 52.2 Å². The summed E-state index contributed by atoms with van der Waals surface area (Å²) in [6, 6.07) is 15.7. The third-order valence-corrected chi connectivity index (χ3v) is 4.99. The maximum atomic E-state index is 14.9. The molecule has 3 aromatic heterocycles. The van der Waals surface area contributed by atoms with Crippen LogP contribution in [0.25, 0.3) is 16.9 Å². The van der Waals surface area contributed by atoms with Crippen molar-refractivity contribution in [3.63, 3.8) is 0 Å². The second kappa shape index (κ2) is 9.41. The van der Waals surface area contributed by atoms with Gasteiger partial charge in [-0.15, -0.1) is 0 Å². The molecule has 0 aliphatic carbocycles. The molecule has 5 aromatic rings. The quantitative estimate of drug-likeness (QED) is 0.325. The minimum atomic E-state index is -0.423. The lowest BCUT2D eigenvalue weighted by Crippen LogP contribution is -1.97. The topological polar surface area (TPSA) is 104 Å².